The zero-order chi connectivity index (χ0) is 19.0. The van der Waals surface area contributed by atoms with Crippen molar-refractivity contribution in [1.82, 2.24) is 9.97 Å². The van der Waals surface area contributed by atoms with Crippen LogP contribution in [0.1, 0.15) is 5.82 Å². The molecule has 3 N–H and O–H groups in total. The van der Waals surface area contributed by atoms with Crippen LogP contribution in [0.2, 0.25) is 0 Å². The first-order chi connectivity index (χ1) is 12.3. The summed E-state index contributed by atoms with van der Waals surface area (Å²) in [6.45, 7) is -1.82. The second-order valence-electron chi connectivity index (χ2n) is 5.05. The van der Waals surface area contributed by atoms with Gasteiger partial charge in [-0.15, -0.1) is 0 Å². The number of ether oxygens (including phenoxy) is 1. The summed E-state index contributed by atoms with van der Waals surface area (Å²) in [5.74, 6) is -5.32. The van der Waals surface area contributed by atoms with Gasteiger partial charge in [-0.3, -0.25) is 0 Å². The van der Waals surface area contributed by atoms with Gasteiger partial charge in [0.2, 0.25) is 5.75 Å². The van der Waals surface area contributed by atoms with Gasteiger partial charge in [-0.2, -0.15) is 8.78 Å². The molecule has 0 amide bonds. The predicted octanol–water partition coefficient (Wildman–Crippen LogP) is 3.88. The Morgan fingerprint density at radius 2 is 1.88 bits per heavy atom. The Labute approximate surface area is 143 Å². The first-order valence-corrected chi connectivity index (χ1v) is 7.04. The van der Waals surface area contributed by atoms with Crippen LogP contribution in [0, 0.1) is 36.5 Å². The number of aromatic nitrogens is 2. The van der Waals surface area contributed by atoms with Crippen molar-refractivity contribution in [2.75, 3.05) is 11.1 Å². The van der Waals surface area contributed by atoms with E-state index in [1.807, 2.05) is 0 Å². The van der Waals surface area contributed by atoms with Gasteiger partial charge in [-0.1, -0.05) is 6.07 Å². The molecule has 134 valence electrons. The molecule has 5 nitrogen and oxygen atoms in total. The molecule has 0 aliphatic carbocycles. The Morgan fingerprint density at radius 1 is 1.15 bits per heavy atom. The number of benzene rings is 1. The molecule has 26 heavy (non-hydrogen) atoms. The maximum atomic E-state index is 14.7. The highest BCUT2D eigenvalue weighted by atomic mass is 19.3. The summed E-state index contributed by atoms with van der Waals surface area (Å²) < 4.78 is 72.5. The molecule has 0 fully saturated rings. The van der Waals surface area contributed by atoms with Gasteiger partial charge in [0.1, 0.15) is 22.8 Å². The van der Waals surface area contributed by atoms with E-state index in [1.165, 1.54) is 13.0 Å². The van der Waals surface area contributed by atoms with Crippen LogP contribution in [0.4, 0.5) is 39.1 Å². The van der Waals surface area contributed by atoms with Crippen molar-refractivity contribution < 1.29 is 26.7 Å². The standard InChI is InChI=1S/C16H9F5N4O/c1-6-23-13-9(15(22)24-6)10(17)11(18)14(12(13)19)25-7-4-2-3-5-8(7)26-16(20)21/h2,4,16,25H,1H3,(H2,22,23,24). The highest BCUT2D eigenvalue weighted by Crippen LogP contribution is 2.36. The summed E-state index contributed by atoms with van der Waals surface area (Å²) in [5, 5.41) is 1.57. The highest BCUT2D eigenvalue weighted by molar-refractivity contribution is 5.92. The molecule has 0 saturated carbocycles. The number of halogens is 5. The molecule has 0 unspecified atom stereocenters. The van der Waals surface area contributed by atoms with Crippen LogP contribution in [0.5, 0.6) is 5.75 Å². The minimum atomic E-state index is -3.21. The number of nitrogens with two attached hydrogens (primary N) is 1. The van der Waals surface area contributed by atoms with E-state index < -0.39 is 52.2 Å². The summed E-state index contributed by atoms with van der Waals surface area (Å²) in [6.07, 6.45) is 0. The molecule has 1 heterocycles. The average Bonchev–Trinajstić information content (AvgIpc) is 2.57. The SMILES string of the molecule is Cc1nc(N)c2c(F)c(F)c(Nc3ccc#cc3OC(F)F)c(F)c2n1. The summed E-state index contributed by atoms with van der Waals surface area (Å²) in [5.41, 5.74) is 3.73. The van der Waals surface area contributed by atoms with E-state index in [4.69, 9.17) is 5.73 Å². The Balaban J connectivity index is 2.18. The summed E-state index contributed by atoms with van der Waals surface area (Å²) >= 11 is 0. The molecule has 0 saturated heterocycles. The number of rotatable bonds is 4. The number of alkyl halides is 2. The Morgan fingerprint density at radius 3 is 2.58 bits per heavy atom. The fraction of sp³-hybridized carbons (Fsp3) is 0.125. The monoisotopic (exact) mass is 368 g/mol. The van der Waals surface area contributed by atoms with Crippen LogP contribution in [0.3, 0.4) is 0 Å². The van der Waals surface area contributed by atoms with E-state index >= 15 is 0 Å². The lowest BCUT2D eigenvalue weighted by Crippen LogP contribution is -2.08. The van der Waals surface area contributed by atoms with E-state index in [9.17, 15) is 22.0 Å². The van der Waals surface area contributed by atoms with Crippen LogP contribution in [0.15, 0.2) is 12.1 Å². The number of hydrogen-bond acceptors (Lipinski definition) is 5. The van der Waals surface area contributed by atoms with Crippen molar-refractivity contribution in [3.8, 4) is 5.75 Å². The molecule has 0 bridgehead atoms. The third-order valence-corrected chi connectivity index (χ3v) is 3.34. The molecular weight excluding hydrogens is 359 g/mol. The molecule has 0 spiro atoms. The molecule has 0 aliphatic heterocycles. The van der Waals surface area contributed by atoms with Gasteiger partial charge in [-0.05, 0) is 25.1 Å². The van der Waals surface area contributed by atoms with E-state index in [2.05, 4.69) is 32.2 Å². The van der Waals surface area contributed by atoms with Crippen molar-refractivity contribution in [2.24, 2.45) is 0 Å². The van der Waals surface area contributed by atoms with Crippen LogP contribution in [-0.4, -0.2) is 16.6 Å². The third-order valence-electron chi connectivity index (χ3n) is 3.34. The van der Waals surface area contributed by atoms with Crippen LogP contribution in [0.25, 0.3) is 10.9 Å². The Hall–Kier alpha value is -3.35. The van der Waals surface area contributed by atoms with Crippen LogP contribution >= 0.6 is 0 Å². The first kappa shape index (κ1) is 17.5. The molecule has 0 radical (unpaired) electrons. The minimum Gasteiger partial charge on any atom is -0.424 e. The molecule has 0 atom stereocenters. The number of fused-ring (bicyclic) bond motifs is 1. The molecule has 3 aromatic rings. The van der Waals surface area contributed by atoms with E-state index in [1.54, 1.807) is 0 Å². The number of nitrogens with one attached hydrogen (secondary N) is 1. The largest absolute Gasteiger partial charge is 0.424 e. The Kier molecular flexibility index (Phi) is 4.38. The lowest BCUT2D eigenvalue weighted by atomic mass is 10.1. The molecule has 1 aromatic heterocycles. The number of nitrogens with zero attached hydrogens (tertiary/aromatic N) is 2. The number of anilines is 3. The van der Waals surface area contributed by atoms with Crippen molar-refractivity contribution in [3.63, 3.8) is 0 Å². The summed E-state index contributed by atoms with van der Waals surface area (Å²) in [7, 11) is 0. The quantitative estimate of drug-likeness (QED) is 0.540. The molecule has 10 heteroatoms. The highest BCUT2D eigenvalue weighted by Gasteiger charge is 2.25. The number of nitrogen functional groups attached to an aromatic ring is 1. The van der Waals surface area contributed by atoms with Crippen LogP contribution < -0.4 is 15.8 Å². The van der Waals surface area contributed by atoms with Crippen molar-refractivity contribution in [2.45, 2.75) is 13.5 Å². The van der Waals surface area contributed by atoms with Gasteiger partial charge in [0, 0.05) is 0 Å². The molecule has 2 aromatic carbocycles. The maximum absolute atomic E-state index is 14.7. The minimum absolute atomic E-state index is 0.0372. The van der Waals surface area contributed by atoms with Gasteiger partial charge in [0.15, 0.2) is 17.5 Å². The zero-order valence-corrected chi connectivity index (χ0v) is 13.0. The van der Waals surface area contributed by atoms with Gasteiger partial charge >= 0.3 is 6.61 Å². The number of aryl methyl sites for hydroxylation is 1. The van der Waals surface area contributed by atoms with Crippen molar-refractivity contribution in [3.05, 3.63) is 47.5 Å². The molecule has 3 rings (SSSR count). The second kappa shape index (κ2) is 6.51. The van der Waals surface area contributed by atoms with Gasteiger partial charge in [0.05, 0.1) is 11.1 Å². The van der Waals surface area contributed by atoms with E-state index in [0.717, 1.165) is 6.07 Å². The van der Waals surface area contributed by atoms with E-state index in [-0.39, 0.29) is 11.5 Å². The molecule has 0 aliphatic rings. The second-order valence-corrected chi connectivity index (χ2v) is 5.05. The van der Waals surface area contributed by atoms with Gasteiger partial charge < -0.3 is 15.8 Å². The fourth-order valence-electron chi connectivity index (χ4n) is 2.30. The summed E-state index contributed by atoms with van der Waals surface area (Å²) in [4.78, 5) is 7.40. The third kappa shape index (κ3) is 2.99. The van der Waals surface area contributed by atoms with Crippen molar-refractivity contribution in [1.29, 1.82) is 0 Å². The predicted molar refractivity (Wildman–Crippen MR) is 82.6 cm³/mol. The van der Waals surface area contributed by atoms with Gasteiger partial charge in [-0.25, -0.2) is 23.1 Å². The first-order valence-electron chi connectivity index (χ1n) is 7.04. The average molecular weight is 368 g/mol. The van der Waals surface area contributed by atoms with Crippen molar-refractivity contribution >= 4 is 28.1 Å². The Bertz CT molecular complexity index is 996. The van der Waals surface area contributed by atoms with E-state index in [0.29, 0.717) is 0 Å². The van der Waals surface area contributed by atoms with Gasteiger partial charge in [0.25, 0.3) is 0 Å². The lowest BCUT2D eigenvalue weighted by molar-refractivity contribution is -0.0493. The maximum Gasteiger partial charge on any atom is 0.388 e. The number of hydrogen-bond donors (Lipinski definition) is 2. The fourth-order valence-corrected chi connectivity index (χ4v) is 2.30. The summed E-state index contributed by atoms with van der Waals surface area (Å²) in [6, 6.07) is 6.96. The smallest absolute Gasteiger partial charge is 0.388 e. The van der Waals surface area contributed by atoms with Crippen LogP contribution in [-0.2, 0) is 0 Å². The topological polar surface area (TPSA) is 73.1 Å². The zero-order valence-electron chi connectivity index (χ0n) is 13.0. The molecular formula is C16H9F5N4O. The normalized spacial score (nSPS) is 10.9. The lowest BCUT2D eigenvalue weighted by Gasteiger charge is -2.14.